The second-order valence-corrected chi connectivity index (χ2v) is 9.93. The fourth-order valence-corrected chi connectivity index (χ4v) is 5.59. The Hall–Kier alpha value is -4.24. The lowest BCUT2D eigenvalue weighted by atomic mass is 9.96. The van der Waals surface area contributed by atoms with Crippen molar-refractivity contribution in [1.82, 2.24) is 14.9 Å². The van der Waals surface area contributed by atoms with Crippen LogP contribution in [-0.4, -0.2) is 26.7 Å². The van der Waals surface area contributed by atoms with E-state index in [0.29, 0.717) is 10.9 Å². The van der Waals surface area contributed by atoms with Crippen molar-refractivity contribution in [1.29, 1.82) is 0 Å². The van der Waals surface area contributed by atoms with Crippen LogP contribution in [0, 0.1) is 37.8 Å². The summed E-state index contributed by atoms with van der Waals surface area (Å²) in [5, 5.41) is 15.5. The van der Waals surface area contributed by atoms with Crippen molar-refractivity contribution in [3.63, 3.8) is 0 Å². The Balaban J connectivity index is 1.69. The van der Waals surface area contributed by atoms with Gasteiger partial charge in [0.05, 0.1) is 41.6 Å². The van der Waals surface area contributed by atoms with Crippen LogP contribution in [-0.2, 0) is 0 Å². The third-order valence-electron chi connectivity index (χ3n) is 7.27. The van der Waals surface area contributed by atoms with Gasteiger partial charge in [0, 0.05) is 29.3 Å². The van der Waals surface area contributed by atoms with E-state index in [-0.39, 0.29) is 17.8 Å². The first-order valence-corrected chi connectivity index (χ1v) is 12.7. The molecule has 1 N–H and O–H groups in total. The summed E-state index contributed by atoms with van der Waals surface area (Å²) in [6.07, 6.45) is 1.79. The number of aryl methyl sites for hydroxylation is 3. The largest absolute Gasteiger partial charge is 0.494 e. The number of ether oxygens (including phenoxy) is 1. The summed E-state index contributed by atoms with van der Waals surface area (Å²) in [5.41, 5.74) is 8.05. The highest BCUT2D eigenvalue weighted by molar-refractivity contribution is 7.80. The molecule has 194 valence electrons. The predicted octanol–water partition coefficient (Wildman–Crippen LogP) is 6.20. The van der Waals surface area contributed by atoms with E-state index >= 15 is 0 Å². The summed E-state index contributed by atoms with van der Waals surface area (Å²) in [6, 6.07) is 18.8. The van der Waals surface area contributed by atoms with E-state index in [9.17, 15) is 10.1 Å². The summed E-state index contributed by atoms with van der Waals surface area (Å²) in [7, 11) is 1.52. The maximum absolute atomic E-state index is 11.4. The third kappa shape index (κ3) is 4.28. The van der Waals surface area contributed by atoms with Gasteiger partial charge in [-0.05, 0) is 93.0 Å². The molecule has 8 nitrogen and oxygen atoms in total. The van der Waals surface area contributed by atoms with Gasteiger partial charge in [-0.1, -0.05) is 12.1 Å². The number of anilines is 1. The second-order valence-electron chi connectivity index (χ2n) is 9.54. The number of pyridine rings is 1. The minimum absolute atomic E-state index is 0.0187. The molecule has 1 aliphatic rings. The molecule has 9 heteroatoms. The number of nitrogens with one attached hydrogen (secondary N) is 1. The Morgan fingerprint density at radius 1 is 1.03 bits per heavy atom. The number of methoxy groups -OCH3 is 1. The maximum atomic E-state index is 11.4. The normalized spacial score (nSPS) is 17.0. The highest BCUT2D eigenvalue weighted by Gasteiger charge is 2.42. The Kier molecular flexibility index (Phi) is 6.62. The molecule has 2 aromatic heterocycles. The zero-order chi connectivity index (χ0) is 27.1. The van der Waals surface area contributed by atoms with Gasteiger partial charge in [0.1, 0.15) is 5.75 Å². The van der Waals surface area contributed by atoms with Crippen LogP contribution in [0.1, 0.15) is 45.9 Å². The molecule has 0 spiro atoms. The average molecular weight is 528 g/mol. The monoisotopic (exact) mass is 527 g/mol. The predicted molar refractivity (Wildman–Crippen MR) is 152 cm³/mol. The van der Waals surface area contributed by atoms with Gasteiger partial charge in [0.25, 0.3) is 5.69 Å². The summed E-state index contributed by atoms with van der Waals surface area (Å²) in [6.45, 7) is 8.27. The Labute approximate surface area is 227 Å². The van der Waals surface area contributed by atoms with Gasteiger partial charge >= 0.3 is 0 Å². The van der Waals surface area contributed by atoms with Crippen LogP contribution in [0.5, 0.6) is 5.75 Å². The smallest absolute Gasteiger partial charge is 0.273 e. The third-order valence-corrected chi connectivity index (χ3v) is 7.59. The summed E-state index contributed by atoms with van der Waals surface area (Å²) < 4.78 is 7.66. The standard InChI is InChI=1S/C29H29N5O3S/c1-17-9-10-21(14-18(17)2)33-28(27(31-29(33)38)24-8-6-7-13-30-24)23-15-19(3)32(20(23)4)25-12-11-22(34(35)36)16-26(25)37-5/h6-16,27-28H,1-5H3,(H,31,38)/t27-,28+/m0/s1. The quantitative estimate of drug-likeness (QED) is 0.182. The summed E-state index contributed by atoms with van der Waals surface area (Å²) in [4.78, 5) is 17.8. The molecule has 38 heavy (non-hydrogen) atoms. The first-order valence-electron chi connectivity index (χ1n) is 12.3. The van der Waals surface area contributed by atoms with Crippen molar-refractivity contribution in [2.45, 2.75) is 39.8 Å². The van der Waals surface area contributed by atoms with E-state index in [4.69, 9.17) is 17.0 Å². The molecule has 0 saturated carbocycles. The molecular weight excluding hydrogens is 498 g/mol. The highest BCUT2D eigenvalue weighted by Crippen LogP contribution is 2.44. The number of aromatic nitrogens is 2. The fourth-order valence-electron chi connectivity index (χ4n) is 5.25. The van der Waals surface area contributed by atoms with E-state index in [1.165, 1.54) is 30.4 Å². The summed E-state index contributed by atoms with van der Waals surface area (Å²) >= 11 is 5.90. The van der Waals surface area contributed by atoms with Crippen molar-refractivity contribution in [3.05, 3.63) is 111 Å². The molecule has 0 amide bonds. The van der Waals surface area contributed by atoms with Crippen LogP contribution in [0.15, 0.2) is 66.9 Å². The van der Waals surface area contributed by atoms with Crippen molar-refractivity contribution < 1.29 is 9.66 Å². The van der Waals surface area contributed by atoms with E-state index in [1.807, 2.05) is 25.1 Å². The van der Waals surface area contributed by atoms with Crippen LogP contribution < -0.4 is 15.0 Å². The number of hydrogen-bond donors (Lipinski definition) is 1. The molecule has 3 heterocycles. The van der Waals surface area contributed by atoms with E-state index in [2.05, 4.69) is 64.8 Å². The van der Waals surface area contributed by atoms with E-state index in [1.54, 1.807) is 12.3 Å². The number of nitro benzene ring substituents is 1. The molecule has 5 rings (SSSR count). The number of thiocarbonyl (C=S) groups is 1. The zero-order valence-corrected chi connectivity index (χ0v) is 22.7. The number of benzene rings is 2. The van der Waals surface area contributed by atoms with Crippen molar-refractivity contribution >= 4 is 28.7 Å². The molecule has 1 saturated heterocycles. The molecule has 0 radical (unpaired) electrons. The molecule has 2 atom stereocenters. The molecule has 1 aliphatic heterocycles. The Bertz CT molecular complexity index is 1550. The molecule has 0 bridgehead atoms. The molecule has 4 aromatic rings. The second kappa shape index (κ2) is 9.90. The van der Waals surface area contributed by atoms with E-state index < -0.39 is 4.92 Å². The lowest BCUT2D eigenvalue weighted by Crippen LogP contribution is -2.29. The lowest BCUT2D eigenvalue weighted by Gasteiger charge is -2.28. The van der Waals surface area contributed by atoms with Crippen LogP contribution >= 0.6 is 12.2 Å². The van der Waals surface area contributed by atoms with Gasteiger partial charge in [0.15, 0.2) is 5.11 Å². The number of nitrogens with zero attached hydrogens (tertiary/aromatic N) is 4. The van der Waals surface area contributed by atoms with Gasteiger partial charge < -0.3 is 19.5 Å². The fraction of sp³-hybridized carbons (Fsp3) is 0.241. The van der Waals surface area contributed by atoms with Crippen molar-refractivity contribution in [2.75, 3.05) is 12.0 Å². The van der Waals surface area contributed by atoms with Gasteiger partial charge in [0.2, 0.25) is 0 Å². The first-order chi connectivity index (χ1) is 18.2. The molecule has 2 aromatic carbocycles. The van der Waals surface area contributed by atoms with Crippen LogP contribution in [0.3, 0.4) is 0 Å². The van der Waals surface area contributed by atoms with Crippen LogP contribution in [0.4, 0.5) is 11.4 Å². The minimum Gasteiger partial charge on any atom is -0.494 e. The van der Waals surface area contributed by atoms with Crippen molar-refractivity contribution in [3.8, 4) is 11.4 Å². The van der Waals surface area contributed by atoms with Gasteiger partial charge in [-0.15, -0.1) is 0 Å². The number of hydrogen-bond acceptors (Lipinski definition) is 5. The number of non-ortho nitro benzene ring substituents is 1. The highest BCUT2D eigenvalue weighted by atomic mass is 32.1. The lowest BCUT2D eigenvalue weighted by molar-refractivity contribution is -0.384. The Morgan fingerprint density at radius 2 is 1.82 bits per heavy atom. The van der Waals surface area contributed by atoms with Gasteiger partial charge in [-0.25, -0.2) is 0 Å². The van der Waals surface area contributed by atoms with Gasteiger partial charge in [-0.2, -0.15) is 0 Å². The first kappa shape index (κ1) is 25.4. The maximum Gasteiger partial charge on any atom is 0.273 e. The Morgan fingerprint density at radius 3 is 2.47 bits per heavy atom. The number of rotatable bonds is 6. The van der Waals surface area contributed by atoms with Crippen LogP contribution in [0.2, 0.25) is 0 Å². The molecular formula is C29H29N5O3S. The van der Waals surface area contributed by atoms with Gasteiger partial charge in [-0.3, -0.25) is 15.1 Å². The SMILES string of the molecule is COc1cc([N+](=O)[O-])ccc1-n1c(C)cc([C@@H]2[C@H](c3ccccn3)NC(=S)N2c2ccc(C)c(C)c2)c1C. The van der Waals surface area contributed by atoms with E-state index in [0.717, 1.165) is 34.0 Å². The molecule has 0 aliphatic carbocycles. The van der Waals surface area contributed by atoms with Crippen molar-refractivity contribution in [2.24, 2.45) is 0 Å². The molecule has 0 unspecified atom stereocenters. The summed E-state index contributed by atoms with van der Waals surface area (Å²) in [5.74, 6) is 0.430. The minimum atomic E-state index is -0.420. The number of nitro groups is 1. The molecule has 1 fully saturated rings. The topological polar surface area (TPSA) is 85.5 Å². The average Bonchev–Trinajstić information content (AvgIpc) is 3.40. The zero-order valence-electron chi connectivity index (χ0n) is 21.9. The van der Waals surface area contributed by atoms with Crippen LogP contribution in [0.25, 0.3) is 5.69 Å².